The number of likely N-dealkylation sites (N-methyl/N-ethyl adjacent to an activating group) is 1. The molecule has 3 atom stereocenters. The van der Waals surface area contributed by atoms with Crippen molar-refractivity contribution in [1.29, 1.82) is 0 Å². The SMILES string of the molecule is CCC[C@H](N)C(O)C(=O)NCC(=O)N[C@H](C(=O)NC)c1ccccc1. The molecule has 0 saturated heterocycles. The van der Waals surface area contributed by atoms with E-state index in [9.17, 15) is 19.5 Å². The predicted molar refractivity (Wildman–Crippen MR) is 93.3 cm³/mol. The smallest absolute Gasteiger partial charge is 0.250 e. The molecule has 25 heavy (non-hydrogen) atoms. The Morgan fingerprint density at radius 3 is 2.36 bits per heavy atom. The van der Waals surface area contributed by atoms with Crippen LogP contribution in [0.25, 0.3) is 0 Å². The third-order valence-electron chi connectivity index (χ3n) is 3.67. The number of nitrogens with two attached hydrogens (primary N) is 1. The van der Waals surface area contributed by atoms with Gasteiger partial charge in [0, 0.05) is 13.1 Å². The zero-order valence-electron chi connectivity index (χ0n) is 14.5. The van der Waals surface area contributed by atoms with Crippen molar-refractivity contribution < 1.29 is 19.5 Å². The summed E-state index contributed by atoms with van der Waals surface area (Å²) < 4.78 is 0. The van der Waals surface area contributed by atoms with E-state index in [-0.39, 0.29) is 12.5 Å². The molecule has 1 aromatic carbocycles. The van der Waals surface area contributed by atoms with E-state index in [4.69, 9.17) is 5.73 Å². The summed E-state index contributed by atoms with van der Waals surface area (Å²) in [5.74, 6) is -1.65. The van der Waals surface area contributed by atoms with Gasteiger partial charge in [0.25, 0.3) is 5.91 Å². The fourth-order valence-corrected chi connectivity index (χ4v) is 2.26. The lowest BCUT2D eigenvalue weighted by Gasteiger charge is -2.19. The van der Waals surface area contributed by atoms with Gasteiger partial charge in [0.1, 0.15) is 12.1 Å². The number of benzene rings is 1. The van der Waals surface area contributed by atoms with E-state index in [1.54, 1.807) is 30.3 Å². The van der Waals surface area contributed by atoms with Crippen LogP contribution >= 0.6 is 0 Å². The van der Waals surface area contributed by atoms with E-state index < -0.39 is 30.0 Å². The largest absolute Gasteiger partial charge is 0.382 e. The Labute approximate surface area is 147 Å². The summed E-state index contributed by atoms with van der Waals surface area (Å²) in [7, 11) is 1.47. The number of hydrogen-bond donors (Lipinski definition) is 5. The lowest BCUT2D eigenvalue weighted by atomic mass is 10.1. The predicted octanol–water partition coefficient (Wildman–Crippen LogP) is -0.806. The van der Waals surface area contributed by atoms with Crippen LogP contribution in [0.1, 0.15) is 31.4 Å². The van der Waals surface area contributed by atoms with Crippen LogP contribution in [-0.4, -0.2) is 48.6 Å². The van der Waals surface area contributed by atoms with Gasteiger partial charge in [0.15, 0.2) is 0 Å². The highest BCUT2D eigenvalue weighted by Gasteiger charge is 2.24. The van der Waals surface area contributed by atoms with E-state index in [1.807, 2.05) is 6.92 Å². The van der Waals surface area contributed by atoms with E-state index in [0.29, 0.717) is 12.0 Å². The third-order valence-corrected chi connectivity index (χ3v) is 3.67. The number of carbonyl (C=O) groups is 3. The first-order chi connectivity index (χ1) is 11.9. The molecule has 8 nitrogen and oxygen atoms in total. The fraction of sp³-hybridized carbons (Fsp3) is 0.471. The van der Waals surface area contributed by atoms with Gasteiger partial charge in [0.05, 0.1) is 6.54 Å². The van der Waals surface area contributed by atoms with Gasteiger partial charge in [-0.05, 0) is 12.0 Å². The Balaban J connectivity index is 2.61. The number of rotatable bonds is 9. The Kier molecular flexibility index (Phi) is 8.59. The first-order valence-electron chi connectivity index (χ1n) is 8.18. The average Bonchev–Trinajstić information content (AvgIpc) is 2.63. The first-order valence-corrected chi connectivity index (χ1v) is 8.18. The lowest BCUT2D eigenvalue weighted by Crippen LogP contribution is -2.49. The molecule has 0 aromatic heterocycles. The highest BCUT2D eigenvalue weighted by Crippen LogP contribution is 2.12. The minimum atomic E-state index is -1.38. The van der Waals surface area contributed by atoms with Crippen molar-refractivity contribution in [2.75, 3.05) is 13.6 Å². The molecule has 0 aliphatic rings. The fourth-order valence-electron chi connectivity index (χ4n) is 2.26. The van der Waals surface area contributed by atoms with Crippen LogP contribution in [0.15, 0.2) is 30.3 Å². The van der Waals surface area contributed by atoms with Crippen LogP contribution in [0.2, 0.25) is 0 Å². The van der Waals surface area contributed by atoms with Gasteiger partial charge >= 0.3 is 0 Å². The molecule has 1 unspecified atom stereocenters. The van der Waals surface area contributed by atoms with Gasteiger partial charge < -0.3 is 26.8 Å². The molecule has 3 amide bonds. The van der Waals surface area contributed by atoms with Crippen LogP contribution < -0.4 is 21.7 Å². The van der Waals surface area contributed by atoms with E-state index in [1.165, 1.54) is 7.05 Å². The molecule has 0 spiro atoms. The maximum atomic E-state index is 12.1. The zero-order chi connectivity index (χ0) is 18.8. The quantitative estimate of drug-likeness (QED) is 0.397. The molecule has 0 fully saturated rings. The van der Waals surface area contributed by atoms with Crippen LogP contribution in [0.3, 0.4) is 0 Å². The van der Waals surface area contributed by atoms with E-state index >= 15 is 0 Å². The molecule has 0 aliphatic heterocycles. The molecular weight excluding hydrogens is 324 g/mol. The van der Waals surface area contributed by atoms with Crippen molar-refractivity contribution in [1.82, 2.24) is 16.0 Å². The van der Waals surface area contributed by atoms with Crippen molar-refractivity contribution in [3.63, 3.8) is 0 Å². The van der Waals surface area contributed by atoms with Crippen molar-refractivity contribution in [3.8, 4) is 0 Å². The third kappa shape index (κ3) is 6.52. The van der Waals surface area contributed by atoms with Gasteiger partial charge in [-0.3, -0.25) is 14.4 Å². The summed E-state index contributed by atoms with van der Waals surface area (Å²) in [6.45, 7) is 1.52. The minimum absolute atomic E-state index is 0.366. The summed E-state index contributed by atoms with van der Waals surface area (Å²) in [6.07, 6.45) is -0.152. The van der Waals surface area contributed by atoms with Crippen LogP contribution in [-0.2, 0) is 14.4 Å². The molecule has 0 aliphatic carbocycles. The van der Waals surface area contributed by atoms with Gasteiger partial charge in [-0.15, -0.1) is 0 Å². The Morgan fingerprint density at radius 2 is 1.80 bits per heavy atom. The van der Waals surface area contributed by atoms with Crippen molar-refractivity contribution in [2.24, 2.45) is 5.73 Å². The molecule has 0 bridgehead atoms. The highest BCUT2D eigenvalue weighted by atomic mass is 16.3. The van der Waals surface area contributed by atoms with Gasteiger partial charge in [-0.25, -0.2) is 0 Å². The van der Waals surface area contributed by atoms with E-state index in [0.717, 1.165) is 6.42 Å². The molecule has 8 heteroatoms. The Bertz CT molecular complexity index is 579. The zero-order valence-corrected chi connectivity index (χ0v) is 14.5. The summed E-state index contributed by atoms with van der Waals surface area (Å²) >= 11 is 0. The standard InChI is InChI=1S/C17H26N4O4/c1-3-7-12(18)15(23)17(25)20-10-13(22)21-14(16(24)19-2)11-8-5-4-6-9-11/h4-6,8-9,12,14-15,23H,3,7,10,18H2,1-2H3,(H,19,24)(H,20,25)(H,21,22)/t12-,14-,15?/m0/s1. The maximum Gasteiger partial charge on any atom is 0.250 e. The first kappa shape index (κ1) is 20.6. The second-order valence-corrected chi connectivity index (χ2v) is 5.64. The van der Waals surface area contributed by atoms with Crippen molar-refractivity contribution in [2.45, 2.75) is 38.0 Å². The second kappa shape index (κ2) is 10.4. The molecule has 6 N–H and O–H groups in total. The second-order valence-electron chi connectivity index (χ2n) is 5.64. The molecular formula is C17H26N4O4. The minimum Gasteiger partial charge on any atom is -0.382 e. The number of hydrogen-bond acceptors (Lipinski definition) is 5. The summed E-state index contributed by atoms with van der Waals surface area (Å²) in [6, 6.07) is 7.18. The molecule has 0 radical (unpaired) electrons. The topological polar surface area (TPSA) is 134 Å². The number of aliphatic hydroxyl groups is 1. The summed E-state index contributed by atoms with van der Waals surface area (Å²) in [5, 5.41) is 17.1. The highest BCUT2D eigenvalue weighted by molar-refractivity contribution is 5.91. The van der Waals surface area contributed by atoms with Crippen molar-refractivity contribution in [3.05, 3.63) is 35.9 Å². The monoisotopic (exact) mass is 350 g/mol. The normalized spacial score (nSPS) is 14.1. The number of amides is 3. The van der Waals surface area contributed by atoms with Gasteiger partial charge in [-0.2, -0.15) is 0 Å². The van der Waals surface area contributed by atoms with Crippen LogP contribution in [0, 0.1) is 0 Å². The number of nitrogens with one attached hydrogen (secondary N) is 3. The average molecular weight is 350 g/mol. The van der Waals surface area contributed by atoms with Gasteiger partial charge in [0.2, 0.25) is 11.8 Å². The molecule has 138 valence electrons. The Morgan fingerprint density at radius 1 is 1.16 bits per heavy atom. The van der Waals surface area contributed by atoms with Crippen LogP contribution in [0.4, 0.5) is 0 Å². The van der Waals surface area contributed by atoms with Crippen LogP contribution in [0.5, 0.6) is 0 Å². The number of carbonyl (C=O) groups excluding carboxylic acids is 3. The summed E-state index contributed by atoms with van der Waals surface area (Å²) in [5.41, 5.74) is 6.30. The van der Waals surface area contributed by atoms with E-state index in [2.05, 4.69) is 16.0 Å². The van der Waals surface area contributed by atoms with Gasteiger partial charge in [-0.1, -0.05) is 43.7 Å². The molecule has 0 saturated carbocycles. The Hall–Kier alpha value is -2.45. The molecule has 1 rings (SSSR count). The summed E-state index contributed by atoms with van der Waals surface area (Å²) in [4.78, 5) is 35.8. The molecule has 1 aromatic rings. The maximum absolute atomic E-state index is 12.1. The number of aliphatic hydroxyl groups excluding tert-OH is 1. The molecule has 0 heterocycles. The lowest BCUT2D eigenvalue weighted by molar-refractivity contribution is -0.133. The van der Waals surface area contributed by atoms with Crippen molar-refractivity contribution >= 4 is 17.7 Å².